The van der Waals surface area contributed by atoms with Crippen LogP contribution in [0.1, 0.15) is 32.6 Å². The molecule has 2 rings (SSSR count). The molecule has 1 aliphatic rings. The van der Waals surface area contributed by atoms with Crippen molar-refractivity contribution >= 4 is 5.91 Å². The number of carbonyl (C=O) groups is 1. The molecule has 1 amide bonds. The zero-order valence-corrected chi connectivity index (χ0v) is 11.7. The summed E-state index contributed by atoms with van der Waals surface area (Å²) in [7, 11) is 0. The van der Waals surface area contributed by atoms with Crippen molar-refractivity contribution < 1.29 is 4.79 Å². The Labute approximate surface area is 115 Å². The van der Waals surface area contributed by atoms with Crippen molar-refractivity contribution in [3.8, 4) is 0 Å². The molecule has 1 atom stereocenters. The molecule has 1 aromatic heterocycles. The standard InChI is InChI=1S/C14H24N4O/c1-2-18(11-13-5-3-4-7-16-13)14(19)6-9-17-10-8-15-12-17/h8,10,12-13,16H,2-7,9,11H2,1H3. The highest BCUT2D eigenvalue weighted by Crippen LogP contribution is 2.09. The van der Waals surface area contributed by atoms with E-state index in [2.05, 4.69) is 17.2 Å². The molecule has 1 fully saturated rings. The van der Waals surface area contributed by atoms with Gasteiger partial charge in [0.1, 0.15) is 0 Å². The Kier molecular flexibility index (Phi) is 5.39. The molecular weight excluding hydrogens is 240 g/mol. The number of nitrogens with zero attached hydrogens (tertiary/aromatic N) is 3. The Morgan fingerprint density at radius 1 is 1.53 bits per heavy atom. The summed E-state index contributed by atoms with van der Waals surface area (Å²) in [5, 5.41) is 3.50. The summed E-state index contributed by atoms with van der Waals surface area (Å²) >= 11 is 0. The van der Waals surface area contributed by atoms with Crippen LogP contribution >= 0.6 is 0 Å². The van der Waals surface area contributed by atoms with Gasteiger partial charge in [-0.25, -0.2) is 4.98 Å². The van der Waals surface area contributed by atoms with Gasteiger partial charge in [-0.1, -0.05) is 6.42 Å². The molecule has 0 radical (unpaired) electrons. The van der Waals surface area contributed by atoms with Crippen molar-refractivity contribution in [1.82, 2.24) is 19.8 Å². The van der Waals surface area contributed by atoms with Gasteiger partial charge in [-0.3, -0.25) is 4.79 Å². The fourth-order valence-corrected chi connectivity index (χ4v) is 2.55. The second-order valence-corrected chi connectivity index (χ2v) is 5.13. The minimum Gasteiger partial charge on any atom is -0.341 e. The number of rotatable bonds is 6. The fraction of sp³-hybridized carbons (Fsp3) is 0.714. The van der Waals surface area contributed by atoms with Gasteiger partial charge in [0.25, 0.3) is 0 Å². The predicted octanol–water partition coefficient (Wildman–Crippen LogP) is 1.26. The zero-order valence-electron chi connectivity index (χ0n) is 11.7. The number of imidazole rings is 1. The lowest BCUT2D eigenvalue weighted by Crippen LogP contribution is -2.45. The lowest BCUT2D eigenvalue weighted by atomic mass is 10.0. The average Bonchev–Trinajstić information content (AvgIpc) is 2.96. The summed E-state index contributed by atoms with van der Waals surface area (Å²) in [5.41, 5.74) is 0. The van der Waals surface area contributed by atoms with E-state index in [4.69, 9.17) is 0 Å². The predicted molar refractivity (Wildman–Crippen MR) is 74.7 cm³/mol. The van der Waals surface area contributed by atoms with Gasteiger partial charge >= 0.3 is 0 Å². The van der Waals surface area contributed by atoms with Crippen LogP contribution in [0.5, 0.6) is 0 Å². The summed E-state index contributed by atoms with van der Waals surface area (Å²) in [6.07, 6.45) is 9.67. The molecule has 5 nitrogen and oxygen atoms in total. The van der Waals surface area contributed by atoms with Gasteiger partial charge in [0.2, 0.25) is 5.91 Å². The maximum atomic E-state index is 12.2. The molecule has 1 saturated heterocycles. The van der Waals surface area contributed by atoms with E-state index in [0.29, 0.717) is 19.0 Å². The second kappa shape index (κ2) is 7.28. The Bertz CT molecular complexity index is 371. The van der Waals surface area contributed by atoms with Gasteiger partial charge in [0.15, 0.2) is 0 Å². The van der Waals surface area contributed by atoms with E-state index in [1.165, 1.54) is 19.3 Å². The van der Waals surface area contributed by atoms with Crippen LogP contribution in [0.25, 0.3) is 0 Å². The van der Waals surface area contributed by atoms with Crippen LogP contribution in [0.2, 0.25) is 0 Å². The highest BCUT2D eigenvalue weighted by atomic mass is 16.2. The fourth-order valence-electron chi connectivity index (χ4n) is 2.55. The molecule has 2 heterocycles. The molecule has 0 bridgehead atoms. The highest BCUT2D eigenvalue weighted by molar-refractivity contribution is 5.76. The molecule has 0 aromatic carbocycles. The molecule has 1 aromatic rings. The van der Waals surface area contributed by atoms with E-state index in [9.17, 15) is 4.79 Å². The van der Waals surface area contributed by atoms with Crippen LogP contribution in [0, 0.1) is 0 Å². The number of aromatic nitrogens is 2. The van der Waals surface area contributed by atoms with E-state index >= 15 is 0 Å². The first-order valence-corrected chi connectivity index (χ1v) is 7.26. The molecule has 1 N–H and O–H groups in total. The van der Waals surface area contributed by atoms with Gasteiger partial charge in [-0.05, 0) is 26.3 Å². The number of hydrogen-bond donors (Lipinski definition) is 1. The molecule has 0 saturated carbocycles. The van der Waals surface area contributed by atoms with Crippen LogP contribution < -0.4 is 5.32 Å². The van der Waals surface area contributed by atoms with Crippen LogP contribution in [0.15, 0.2) is 18.7 Å². The number of piperidine rings is 1. The van der Waals surface area contributed by atoms with Gasteiger partial charge < -0.3 is 14.8 Å². The number of carbonyl (C=O) groups excluding carboxylic acids is 1. The van der Waals surface area contributed by atoms with Crippen LogP contribution in [0.3, 0.4) is 0 Å². The number of likely N-dealkylation sites (N-methyl/N-ethyl adjacent to an activating group) is 1. The maximum absolute atomic E-state index is 12.2. The molecular formula is C14H24N4O. The summed E-state index contributed by atoms with van der Waals surface area (Å²) < 4.78 is 1.95. The topological polar surface area (TPSA) is 50.2 Å². The molecule has 0 spiro atoms. The molecule has 5 heteroatoms. The van der Waals surface area contributed by atoms with Crippen molar-refractivity contribution in [3.63, 3.8) is 0 Å². The summed E-state index contributed by atoms with van der Waals surface area (Å²) in [6, 6.07) is 0.478. The first-order valence-electron chi connectivity index (χ1n) is 7.26. The quantitative estimate of drug-likeness (QED) is 0.841. The molecule has 19 heavy (non-hydrogen) atoms. The number of hydrogen-bond acceptors (Lipinski definition) is 3. The normalized spacial score (nSPS) is 19.3. The largest absolute Gasteiger partial charge is 0.341 e. The van der Waals surface area contributed by atoms with Crippen molar-refractivity contribution in [2.45, 2.75) is 45.2 Å². The smallest absolute Gasteiger partial charge is 0.224 e. The van der Waals surface area contributed by atoms with E-state index in [0.717, 1.165) is 19.6 Å². The molecule has 1 unspecified atom stereocenters. The third-order valence-corrected chi connectivity index (χ3v) is 3.73. The van der Waals surface area contributed by atoms with Gasteiger partial charge in [0.05, 0.1) is 6.33 Å². The molecule has 0 aliphatic carbocycles. The van der Waals surface area contributed by atoms with Gasteiger partial charge in [-0.2, -0.15) is 0 Å². The highest BCUT2D eigenvalue weighted by Gasteiger charge is 2.19. The molecule has 1 aliphatic heterocycles. The van der Waals surface area contributed by atoms with Crippen LogP contribution in [-0.4, -0.2) is 46.0 Å². The van der Waals surface area contributed by atoms with E-state index in [1.807, 2.05) is 15.7 Å². The zero-order chi connectivity index (χ0) is 13.5. The van der Waals surface area contributed by atoms with Gasteiger partial charge in [0, 0.05) is 44.5 Å². The van der Waals surface area contributed by atoms with E-state index in [1.54, 1.807) is 12.5 Å². The summed E-state index contributed by atoms with van der Waals surface area (Å²) in [4.78, 5) is 18.2. The third kappa shape index (κ3) is 4.35. The first kappa shape index (κ1) is 14.1. The maximum Gasteiger partial charge on any atom is 0.224 e. The Morgan fingerprint density at radius 3 is 3.05 bits per heavy atom. The van der Waals surface area contributed by atoms with Crippen LogP contribution in [0.4, 0.5) is 0 Å². The SMILES string of the molecule is CCN(CC1CCCCN1)C(=O)CCn1ccnc1. The Hall–Kier alpha value is -1.36. The number of aryl methyl sites for hydroxylation is 1. The lowest BCUT2D eigenvalue weighted by molar-refractivity contribution is -0.131. The van der Waals surface area contributed by atoms with Crippen molar-refractivity contribution in [3.05, 3.63) is 18.7 Å². The minimum absolute atomic E-state index is 0.239. The van der Waals surface area contributed by atoms with Gasteiger partial charge in [-0.15, -0.1) is 0 Å². The van der Waals surface area contributed by atoms with Crippen molar-refractivity contribution in [2.24, 2.45) is 0 Å². The van der Waals surface area contributed by atoms with Crippen molar-refractivity contribution in [2.75, 3.05) is 19.6 Å². The average molecular weight is 264 g/mol. The van der Waals surface area contributed by atoms with E-state index in [-0.39, 0.29) is 5.91 Å². The molecule has 106 valence electrons. The number of amides is 1. The monoisotopic (exact) mass is 264 g/mol. The van der Waals surface area contributed by atoms with Crippen molar-refractivity contribution in [1.29, 1.82) is 0 Å². The Morgan fingerprint density at radius 2 is 2.42 bits per heavy atom. The first-order chi connectivity index (χ1) is 9.29. The minimum atomic E-state index is 0.239. The lowest BCUT2D eigenvalue weighted by Gasteiger charge is -2.30. The van der Waals surface area contributed by atoms with Crippen LogP contribution in [-0.2, 0) is 11.3 Å². The Balaban J connectivity index is 1.77. The van der Waals surface area contributed by atoms with E-state index < -0.39 is 0 Å². The second-order valence-electron chi connectivity index (χ2n) is 5.13. The summed E-state index contributed by atoms with van der Waals surface area (Å²) in [5.74, 6) is 0.239. The summed E-state index contributed by atoms with van der Waals surface area (Å²) in [6.45, 7) is 5.50. The number of nitrogens with one attached hydrogen (secondary N) is 1. The third-order valence-electron chi connectivity index (χ3n) is 3.73.